The van der Waals surface area contributed by atoms with E-state index in [-0.39, 0.29) is 18.3 Å². The predicted molar refractivity (Wildman–Crippen MR) is 63.0 cm³/mol. The molecule has 0 unspecified atom stereocenters. The number of halogens is 1. The zero-order chi connectivity index (χ0) is 12.5. The van der Waals surface area contributed by atoms with Crippen molar-refractivity contribution >= 4 is 5.91 Å². The molecule has 0 bridgehead atoms. The molecule has 1 aromatic carbocycles. The van der Waals surface area contributed by atoms with Crippen molar-refractivity contribution in [1.82, 2.24) is 10.6 Å². The van der Waals surface area contributed by atoms with Gasteiger partial charge in [0, 0.05) is 25.8 Å². The van der Waals surface area contributed by atoms with Gasteiger partial charge in [0.2, 0.25) is 5.91 Å². The fourth-order valence-corrected chi connectivity index (χ4v) is 1.31. The minimum atomic E-state index is -0.264. The molecule has 0 spiro atoms. The third-order valence-corrected chi connectivity index (χ3v) is 2.19. The number of methoxy groups -OCH3 is 1. The summed E-state index contributed by atoms with van der Waals surface area (Å²) >= 11 is 0. The van der Waals surface area contributed by atoms with E-state index < -0.39 is 0 Å². The van der Waals surface area contributed by atoms with Crippen molar-refractivity contribution in [1.29, 1.82) is 0 Å². The van der Waals surface area contributed by atoms with Crippen molar-refractivity contribution in [3.8, 4) is 0 Å². The first-order valence-corrected chi connectivity index (χ1v) is 5.44. The predicted octanol–water partition coefficient (Wildman–Crippen LogP) is 0.678. The van der Waals surface area contributed by atoms with Crippen molar-refractivity contribution < 1.29 is 13.9 Å². The summed E-state index contributed by atoms with van der Waals surface area (Å²) in [6.07, 6.45) is 0. The van der Waals surface area contributed by atoms with Gasteiger partial charge in [-0.25, -0.2) is 4.39 Å². The Morgan fingerprint density at radius 3 is 2.88 bits per heavy atom. The van der Waals surface area contributed by atoms with Crippen LogP contribution in [-0.2, 0) is 16.1 Å². The van der Waals surface area contributed by atoms with Gasteiger partial charge >= 0.3 is 0 Å². The van der Waals surface area contributed by atoms with Crippen LogP contribution in [0, 0.1) is 5.82 Å². The number of carbonyl (C=O) groups is 1. The maximum Gasteiger partial charge on any atom is 0.234 e. The summed E-state index contributed by atoms with van der Waals surface area (Å²) in [7, 11) is 1.57. The largest absolute Gasteiger partial charge is 0.383 e. The molecule has 2 N–H and O–H groups in total. The molecule has 1 rings (SSSR count). The van der Waals surface area contributed by atoms with Crippen molar-refractivity contribution in [2.75, 3.05) is 26.8 Å². The van der Waals surface area contributed by atoms with Gasteiger partial charge in [0.15, 0.2) is 0 Å². The highest BCUT2D eigenvalue weighted by Crippen LogP contribution is 2.04. The van der Waals surface area contributed by atoms with Gasteiger partial charge in [0.25, 0.3) is 0 Å². The van der Waals surface area contributed by atoms with E-state index in [9.17, 15) is 9.18 Å². The zero-order valence-electron chi connectivity index (χ0n) is 9.83. The van der Waals surface area contributed by atoms with Gasteiger partial charge in [-0.05, 0) is 6.07 Å². The van der Waals surface area contributed by atoms with E-state index in [0.29, 0.717) is 25.3 Å². The topological polar surface area (TPSA) is 50.4 Å². The van der Waals surface area contributed by atoms with Crippen LogP contribution < -0.4 is 10.6 Å². The minimum Gasteiger partial charge on any atom is -0.383 e. The Bertz CT molecular complexity index is 358. The lowest BCUT2D eigenvalue weighted by molar-refractivity contribution is -0.120. The molecule has 0 aromatic heterocycles. The number of hydrogen-bond acceptors (Lipinski definition) is 3. The fourth-order valence-electron chi connectivity index (χ4n) is 1.31. The smallest absolute Gasteiger partial charge is 0.234 e. The second-order valence-corrected chi connectivity index (χ2v) is 3.54. The van der Waals surface area contributed by atoms with Crippen LogP contribution in [0.15, 0.2) is 24.3 Å². The van der Waals surface area contributed by atoms with Crippen LogP contribution >= 0.6 is 0 Å². The van der Waals surface area contributed by atoms with Gasteiger partial charge in [-0.1, -0.05) is 18.2 Å². The Balaban J connectivity index is 2.19. The van der Waals surface area contributed by atoms with E-state index in [1.165, 1.54) is 6.07 Å². The summed E-state index contributed by atoms with van der Waals surface area (Å²) in [4.78, 5) is 11.3. The SMILES string of the molecule is COCCNC(=O)CNCc1ccccc1F. The number of nitrogens with one attached hydrogen (secondary N) is 2. The average molecular weight is 240 g/mol. The van der Waals surface area contributed by atoms with E-state index in [0.717, 1.165) is 0 Å². The first-order valence-electron chi connectivity index (χ1n) is 5.44. The third kappa shape index (κ3) is 5.42. The maximum absolute atomic E-state index is 13.2. The lowest BCUT2D eigenvalue weighted by Crippen LogP contribution is -2.35. The summed E-state index contributed by atoms with van der Waals surface area (Å²) in [5, 5.41) is 5.54. The Kier molecular flexibility index (Phi) is 6.21. The lowest BCUT2D eigenvalue weighted by atomic mass is 10.2. The van der Waals surface area contributed by atoms with Crippen LogP contribution in [0.5, 0.6) is 0 Å². The summed E-state index contributed by atoms with van der Waals surface area (Å²) < 4.78 is 18.0. The van der Waals surface area contributed by atoms with Gasteiger partial charge in [-0.3, -0.25) is 4.79 Å². The van der Waals surface area contributed by atoms with Gasteiger partial charge in [0.05, 0.1) is 13.2 Å². The molecule has 0 radical (unpaired) electrons. The number of benzene rings is 1. The number of ether oxygens (including phenoxy) is 1. The molecule has 0 aliphatic rings. The molecule has 0 aliphatic heterocycles. The summed E-state index contributed by atoms with van der Waals surface area (Å²) in [5.41, 5.74) is 0.553. The molecule has 0 saturated carbocycles. The molecular formula is C12H17FN2O2. The van der Waals surface area contributed by atoms with E-state index in [1.807, 2.05) is 0 Å². The lowest BCUT2D eigenvalue weighted by Gasteiger charge is -2.06. The minimum absolute atomic E-state index is 0.126. The molecule has 17 heavy (non-hydrogen) atoms. The molecule has 0 fully saturated rings. The van der Waals surface area contributed by atoms with Crippen molar-refractivity contribution in [2.45, 2.75) is 6.54 Å². The Morgan fingerprint density at radius 2 is 2.18 bits per heavy atom. The highest BCUT2D eigenvalue weighted by molar-refractivity contribution is 5.77. The van der Waals surface area contributed by atoms with E-state index in [4.69, 9.17) is 4.74 Å². The molecule has 0 saturated heterocycles. The van der Waals surface area contributed by atoms with Gasteiger partial charge in [-0.15, -0.1) is 0 Å². The number of rotatable bonds is 7. The molecule has 94 valence electrons. The van der Waals surface area contributed by atoms with Crippen molar-refractivity contribution in [2.24, 2.45) is 0 Å². The third-order valence-electron chi connectivity index (χ3n) is 2.19. The second-order valence-electron chi connectivity index (χ2n) is 3.54. The fraction of sp³-hybridized carbons (Fsp3) is 0.417. The monoisotopic (exact) mass is 240 g/mol. The summed E-state index contributed by atoms with van der Waals surface area (Å²) in [6, 6.07) is 6.48. The standard InChI is InChI=1S/C12H17FN2O2/c1-17-7-6-15-12(16)9-14-8-10-4-2-3-5-11(10)13/h2-5,14H,6-9H2,1H3,(H,15,16). The van der Waals surface area contributed by atoms with Gasteiger partial charge < -0.3 is 15.4 Å². The zero-order valence-corrected chi connectivity index (χ0v) is 9.83. The molecule has 4 nitrogen and oxygen atoms in total. The highest BCUT2D eigenvalue weighted by atomic mass is 19.1. The second kappa shape index (κ2) is 7.76. The molecule has 1 aromatic rings. The number of hydrogen-bond donors (Lipinski definition) is 2. The quantitative estimate of drug-likeness (QED) is 0.689. The summed E-state index contributed by atoms with van der Waals surface area (Å²) in [6.45, 7) is 1.47. The molecule has 5 heteroatoms. The Hall–Kier alpha value is -1.46. The van der Waals surface area contributed by atoms with Crippen LogP contribution in [0.1, 0.15) is 5.56 Å². The van der Waals surface area contributed by atoms with Crippen LogP contribution in [0.25, 0.3) is 0 Å². The highest BCUT2D eigenvalue weighted by Gasteiger charge is 2.02. The molecule has 0 aliphatic carbocycles. The molecule has 0 heterocycles. The summed E-state index contributed by atoms with van der Waals surface area (Å²) in [5.74, 6) is -0.391. The van der Waals surface area contributed by atoms with Crippen molar-refractivity contribution in [3.63, 3.8) is 0 Å². The van der Waals surface area contributed by atoms with Crippen LogP contribution in [-0.4, -0.2) is 32.7 Å². The van der Waals surface area contributed by atoms with E-state index >= 15 is 0 Å². The Morgan fingerprint density at radius 1 is 1.41 bits per heavy atom. The van der Waals surface area contributed by atoms with E-state index in [2.05, 4.69) is 10.6 Å². The normalized spacial score (nSPS) is 10.2. The van der Waals surface area contributed by atoms with Crippen LogP contribution in [0.2, 0.25) is 0 Å². The van der Waals surface area contributed by atoms with Crippen LogP contribution in [0.3, 0.4) is 0 Å². The van der Waals surface area contributed by atoms with Gasteiger partial charge in [-0.2, -0.15) is 0 Å². The maximum atomic E-state index is 13.2. The number of carbonyl (C=O) groups excluding carboxylic acids is 1. The molecule has 1 amide bonds. The van der Waals surface area contributed by atoms with Gasteiger partial charge in [0.1, 0.15) is 5.82 Å². The van der Waals surface area contributed by atoms with E-state index in [1.54, 1.807) is 25.3 Å². The molecule has 0 atom stereocenters. The number of amides is 1. The van der Waals surface area contributed by atoms with Crippen LogP contribution in [0.4, 0.5) is 4.39 Å². The Labute approximate surface area is 100 Å². The first-order chi connectivity index (χ1) is 8.24. The molecular weight excluding hydrogens is 223 g/mol. The van der Waals surface area contributed by atoms with Crippen molar-refractivity contribution in [3.05, 3.63) is 35.6 Å². The average Bonchev–Trinajstić information content (AvgIpc) is 2.32. The first kappa shape index (κ1) is 13.6.